The molecule has 0 aliphatic carbocycles. The molecule has 0 aliphatic heterocycles. The van der Waals surface area contributed by atoms with Crippen LogP contribution in [0.3, 0.4) is 0 Å². The molecule has 2 aromatic carbocycles. The van der Waals surface area contributed by atoms with Crippen LogP contribution in [0, 0.1) is 11.6 Å². The summed E-state index contributed by atoms with van der Waals surface area (Å²) in [5, 5.41) is 20.3. The van der Waals surface area contributed by atoms with Crippen molar-refractivity contribution in [2.75, 3.05) is 5.32 Å². The van der Waals surface area contributed by atoms with E-state index < -0.39 is 29.3 Å². The maximum Gasteiger partial charge on any atom is 0.335 e. The maximum atomic E-state index is 13.7. The zero-order valence-corrected chi connectivity index (χ0v) is 10.4. The summed E-state index contributed by atoms with van der Waals surface area (Å²) in [6, 6.07) is 5.67. The number of carboxylic acid groups (broad SMARTS) is 1. The molecule has 0 unspecified atom stereocenters. The summed E-state index contributed by atoms with van der Waals surface area (Å²) in [4.78, 5) is 22.5. The average molecular weight is 293 g/mol. The minimum atomic E-state index is -1.31. The van der Waals surface area contributed by atoms with Crippen molar-refractivity contribution in [1.29, 1.82) is 0 Å². The van der Waals surface area contributed by atoms with E-state index in [4.69, 9.17) is 5.11 Å². The van der Waals surface area contributed by atoms with E-state index in [9.17, 15) is 23.5 Å². The van der Waals surface area contributed by atoms with Crippen LogP contribution in [0.5, 0.6) is 5.75 Å². The van der Waals surface area contributed by atoms with E-state index in [2.05, 4.69) is 5.32 Å². The molecule has 0 bridgehead atoms. The summed E-state index contributed by atoms with van der Waals surface area (Å²) in [6.45, 7) is 0. The summed E-state index contributed by atoms with van der Waals surface area (Å²) in [6.07, 6.45) is 0. The molecule has 21 heavy (non-hydrogen) atoms. The minimum Gasteiger partial charge on any atom is -0.507 e. The molecule has 7 heteroatoms. The number of anilines is 1. The highest BCUT2D eigenvalue weighted by Gasteiger charge is 2.15. The Hall–Kier alpha value is -2.96. The summed E-state index contributed by atoms with van der Waals surface area (Å²) >= 11 is 0. The van der Waals surface area contributed by atoms with Gasteiger partial charge in [0, 0.05) is 0 Å². The molecule has 5 nitrogen and oxygen atoms in total. The van der Waals surface area contributed by atoms with E-state index in [0.717, 1.165) is 36.4 Å². The Kier molecular flexibility index (Phi) is 3.84. The average Bonchev–Trinajstić information content (AvgIpc) is 2.43. The molecule has 0 saturated carbocycles. The molecule has 108 valence electrons. The second kappa shape index (κ2) is 5.58. The van der Waals surface area contributed by atoms with Gasteiger partial charge in [-0.1, -0.05) is 0 Å². The standard InChI is InChI=1S/C14H9F2NO4/c15-8-2-4-12(18)9(6-8)13(19)17-11-3-1-7(14(20)21)5-10(11)16/h1-6,18H,(H,17,19)(H,20,21). The largest absolute Gasteiger partial charge is 0.507 e. The minimum absolute atomic E-state index is 0.279. The van der Waals surface area contributed by atoms with Crippen LogP contribution in [0.4, 0.5) is 14.5 Å². The lowest BCUT2D eigenvalue weighted by Crippen LogP contribution is -2.14. The summed E-state index contributed by atoms with van der Waals surface area (Å²) in [7, 11) is 0. The third kappa shape index (κ3) is 3.14. The second-order valence-corrected chi connectivity index (χ2v) is 4.12. The zero-order chi connectivity index (χ0) is 15.6. The van der Waals surface area contributed by atoms with Crippen LogP contribution in [0.15, 0.2) is 36.4 Å². The van der Waals surface area contributed by atoms with Crippen LogP contribution in [-0.2, 0) is 0 Å². The van der Waals surface area contributed by atoms with Gasteiger partial charge >= 0.3 is 5.97 Å². The van der Waals surface area contributed by atoms with E-state index in [1.807, 2.05) is 0 Å². The van der Waals surface area contributed by atoms with Crippen LogP contribution < -0.4 is 5.32 Å². The van der Waals surface area contributed by atoms with Gasteiger partial charge in [-0.15, -0.1) is 0 Å². The van der Waals surface area contributed by atoms with Crippen molar-refractivity contribution in [3.63, 3.8) is 0 Å². The zero-order valence-electron chi connectivity index (χ0n) is 10.4. The molecule has 0 heterocycles. The van der Waals surface area contributed by atoms with Crippen molar-refractivity contribution in [2.45, 2.75) is 0 Å². The molecule has 0 aliphatic rings. The third-order valence-corrected chi connectivity index (χ3v) is 2.67. The maximum absolute atomic E-state index is 13.7. The summed E-state index contributed by atoms with van der Waals surface area (Å²) in [5.74, 6) is -4.39. The van der Waals surface area contributed by atoms with Gasteiger partial charge in [-0.3, -0.25) is 4.79 Å². The van der Waals surface area contributed by atoms with Crippen LogP contribution in [-0.4, -0.2) is 22.1 Å². The fourth-order valence-electron chi connectivity index (χ4n) is 1.63. The highest BCUT2D eigenvalue weighted by molar-refractivity contribution is 6.06. The van der Waals surface area contributed by atoms with Gasteiger partial charge < -0.3 is 15.5 Å². The summed E-state index contributed by atoms with van der Waals surface area (Å²) < 4.78 is 26.7. The van der Waals surface area contributed by atoms with Crippen LogP contribution in [0.2, 0.25) is 0 Å². The molecule has 0 saturated heterocycles. The highest BCUT2D eigenvalue weighted by atomic mass is 19.1. The number of carboxylic acids is 1. The van der Waals surface area contributed by atoms with Gasteiger partial charge in [0.05, 0.1) is 16.8 Å². The van der Waals surface area contributed by atoms with Crippen LogP contribution in [0.25, 0.3) is 0 Å². The van der Waals surface area contributed by atoms with Crippen LogP contribution >= 0.6 is 0 Å². The number of rotatable bonds is 3. The van der Waals surface area contributed by atoms with Crippen molar-refractivity contribution in [3.05, 3.63) is 59.2 Å². The number of carbonyl (C=O) groups excluding carboxylic acids is 1. The first kappa shape index (κ1) is 14.4. The molecular formula is C14H9F2NO4. The topological polar surface area (TPSA) is 86.6 Å². The number of phenols is 1. The van der Waals surface area contributed by atoms with Crippen molar-refractivity contribution < 1.29 is 28.6 Å². The predicted octanol–water partition coefficient (Wildman–Crippen LogP) is 2.62. The van der Waals surface area contributed by atoms with Gasteiger partial charge in [0.15, 0.2) is 0 Å². The smallest absolute Gasteiger partial charge is 0.335 e. The number of carbonyl (C=O) groups is 2. The number of aromatic carboxylic acids is 1. The fraction of sp³-hybridized carbons (Fsp3) is 0. The number of hydrogen-bond acceptors (Lipinski definition) is 3. The van der Waals surface area contributed by atoms with Gasteiger partial charge in [0.2, 0.25) is 0 Å². The quantitative estimate of drug-likeness (QED) is 0.812. The summed E-state index contributed by atoms with van der Waals surface area (Å²) in [5.41, 5.74) is -0.926. The first-order valence-corrected chi connectivity index (χ1v) is 5.71. The Balaban J connectivity index is 2.27. The molecule has 3 N–H and O–H groups in total. The fourth-order valence-corrected chi connectivity index (χ4v) is 1.63. The molecule has 2 rings (SSSR count). The first-order valence-electron chi connectivity index (χ1n) is 5.71. The van der Waals surface area contributed by atoms with Crippen molar-refractivity contribution in [1.82, 2.24) is 0 Å². The number of nitrogens with one attached hydrogen (secondary N) is 1. The van der Waals surface area contributed by atoms with E-state index in [1.54, 1.807) is 0 Å². The Morgan fingerprint density at radius 3 is 2.38 bits per heavy atom. The number of halogens is 2. The Labute approximate surface area is 117 Å². The number of aromatic hydroxyl groups is 1. The molecular weight excluding hydrogens is 284 g/mol. The number of benzene rings is 2. The van der Waals surface area contributed by atoms with Gasteiger partial charge in [-0.05, 0) is 36.4 Å². The Bertz CT molecular complexity index is 731. The molecule has 1 amide bonds. The first-order chi connectivity index (χ1) is 9.88. The van der Waals surface area contributed by atoms with E-state index in [-0.39, 0.29) is 16.8 Å². The molecule has 2 aromatic rings. The normalized spacial score (nSPS) is 10.2. The third-order valence-electron chi connectivity index (χ3n) is 2.67. The molecule has 0 atom stereocenters. The Morgan fingerprint density at radius 2 is 1.76 bits per heavy atom. The van der Waals surface area contributed by atoms with Gasteiger partial charge in [-0.25, -0.2) is 13.6 Å². The number of amides is 1. The van der Waals surface area contributed by atoms with Gasteiger partial charge in [0.1, 0.15) is 17.4 Å². The second-order valence-electron chi connectivity index (χ2n) is 4.12. The molecule has 0 spiro atoms. The van der Waals surface area contributed by atoms with E-state index in [0.29, 0.717) is 0 Å². The molecule has 0 fully saturated rings. The van der Waals surface area contributed by atoms with Crippen LogP contribution in [0.1, 0.15) is 20.7 Å². The number of hydrogen-bond donors (Lipinski definition) is 3. The Morgan fingerprint density at radius 1 is 1.05 bits per heavy atom. The lowest BCUT2D eigenvalue weighted by atomic mass is 10.1. The van der Waals surface area contributed by atoms with Crippen molar-refractivity contribution >= 4 is 17.6 Å². The lowest BCUT2D eigenvalue weighted by Gasteiger charge is -2.08. The lowest BCUT2D eigenvalue weighted by molar-refractivity contribution is 0.0696. The predicted molar refractivity (Wildman–Crippen MR) is 69.4 cm³/mol. The van der Waals surface area contributed by atoms with Crippen molar-refractivity contribution in [3.8, 4) is 5.75 Å². The van der Waals surface area contributed by atoms with E-state index in [1.165, 1.54) is 0 Å². The van der Waals surface area contributed by atoms with Gasteiger partial charge in [0.25, 0.3) is 5.91 Å². The number of phenolic OH excluding ortho intramolecular Hbond substituents is 1. The SMILES string of the molecule is O=C(O)c1ccc(NC(=O)c2cc(F)ccc2O)c(F)c1. The monoisotopic (exact) mass is 293 g/mol. The molecule has 0 aromatic heterocycles. The highest BCUT2D eigenvalue weighted by Crippen LogP contribution is 2.21. The van der Waals surface area contributed by atoms with E-state index >= 15 is 0 Å². The van der Waals surface area contributed by atoms with Gasteiger partial charge in [-0.2, -0.15) is 0 Å². The van der Waals surface area contributed by atoms with Crippen molar-refractivity contribution in [2.24, 2.45) is 0 Å². The molecule has 0 radical (unpaired) electrons.